The Morgan fingerprint density at radius 2 is 2.07 bits per heavy atom. The van der Waals surface area contributed by atoms with Gasteiger partial charge in [-0.15, -0.1) is 36.6 Å². The Morgan fingerprint density at radius 3 is 2.63 bits per heavy atom. The molecule has 2 saturated heterocycles. The van der Waals surface area contributed by atoms with E-state index in [9.17, 15) is 4.79 Å². The van der Waals surface area contributed by atoms with Crippen LogP contribution >= 0.6 is 36.6 Å². The molecule has 27 heavy (non-hydrogen) atoms. The van der Waals surface area contributed by atoms with Crippen LogP contribution in [-0.4, -0.2) is 58.6 Å². The Hall–Kier alpha value is -0.970. The largest absolute Gasteiger partial charge is 0.331 e. The highest BCUT2D eigenvalue weighted by Gasteiger charge is 2.36. The number of nitriles is 1. The minimum Gasteiger partial charge on any atom is -0.331 e. The molecule has 0 aliphatic carbocycles. The summed E-state index contributed by atoms with van der Waals surface area (Å²) in [5, 5.41) is 12.4. The molecule has 0 spiro atoms. The van der Waals surface area contributed by atoms with Gasteiger partial charge in [-0.05, 0) is 38.0 Å². The second kappa shape index (κ2) is 11.1. The van der Waals surface area contributed by atoms with Crippen LogP contribution in [0.3, 0.4) is 0 Å². The summed E-state index contributed by atoms with van der Waals surface area (Å²) in [6.45, 7) is 6.99. The molecule has 2 heterocycles. The number of halogens is 2. The van der Waals surface area contributed by atoms with Gasteiger partial charge < -0.3 is 10.2 Å². The van der Waals surface area contributed by atoms with Crippen molar-refractivity contribution in [2.24, 2.45) is 0 Å². The molecule has 1 aromatic carbocycles. The molecule has 5 nitrogen and oxygen atoms in total. The molecular formula is C19H28Cl2N4OS. The number of rotatable bonds is 5. The molecule has 150 valence electrons. The van der Waals surface area contributed by atoms with Crippen molar-refractivity contribution in [3.63, 3.8) is 0 Å². The first-order valence-electron chi connectivity index (χ1n) is 8.93. The normalized spacial score (nSPS) is 21.7. The van der Waals surface area contributed by atoms with Crippen LogP contribution in [0, 0.1) is 11.3 Å². The van der Waals surface area contributed by atoms with Gasteiger partial charge in [0.2, 0.25) is 5.91 Å². The summed E-state index contributed by atoms with van der Waals surface area (Å²) in [4.78, 5) is 17.1. The zero-order valence-corrected chi connectivity index (χ0v) is 18.2. The summed E-state index contributed by atoms with van der Waals surface area (Å²) in [6, 6.07) is 10.7. The second-order valence-corrected chi connectivity index (χ2v) is 8.14. The topological polar surface area (TPSA) is 59.4 Å². The first-order valence-corrected chi connectivity index (χ1v) is 10.1. The van der Waals surface area contributed by atoms with Gasteiger partial charge in [-0.3, -0.25) is 9.69 Å². The number of thioether (sulfide) groups is 1. The lowest BCUT2D eigenvalue weighted by Gasteiger charge is -2.32. The Balaban J connectivity index is 0.00000182. The quantitative estimate of drug-likeness (QED) is 0.777. The molecule has 1 aromatic rings. The third-order valence-corrected chi connectivity index (χ3v) is 6.02. The molecule has 1 amide bonds. The van der Waals surface area contributed by atoms with Crippen LogP contribution in [0.5, 0.6) is 0 Å². The Labute approximate surface area is 178 Å². The summed E-state index contributed by atoms with van der Waals surface area (Å²) < 4.78 is 0. The minimum atomic E-state index is -0.0501. The monoisotopic (exact) mass is 430 g/mol. The maximum absolute atomic E-state index is 12.6. The third kappa shape index (κ3) is 6.00. The van der Waals surface area contributed by atoms with Gasteiger partial charge in [0.25, 0.3) is 0 Å². The first kappa shape index (κ1) is 24.1. The van der Waals surface area contributed by atoms with E-state index in [2.05, 4.69) is 30.1 Å². The molecule has 0 saturated carbocycles. The van der Waals surface area contributed by atoms with Crippen LogP contribution in [0.4, 0.5) is 0 Å². The maximum atomic E-state index is 12.6. The van der Waals surface area contributed by atoms with Crippen LogP contribution in [-0.2, 0) is 11.3 Å². The van der Waals surface area contributed by atoms with Gasteiger partial charge in [0.05, 0.1) is 23.6 Å². The molecule has 3 rings (SSSR count). The molecule has 1 N–H and O–H groups in total. The van der Waals surface area contributed by atoms with Crippen LogP contribution < -0.4 is 5.32 Å². The van der Waals surface area contributed by atoms with Gasteiger partial charge in [-0.25, -0.2) is 0 Å². The van der Waals surface area contributed by atoms with Crippen LogP contribution in [0.15, 0.2) is 24.3 Å². The van der Waals surface area contributed by atoms with Crippen molar-refractivity contribution in [1.29, 1.82) is 5.26 Å². The lowest BCUT2D eigenvalue weighted by Crippen LogP contribution is -2.42. The van der Waals surface area contributed by atoms with Crippen molar-refractivity contribution >= 4 is 42.5 Å². The third-order valence-electron chi connectivity index (χ3n) is 5.05. The lowest BCUT2D eigenvalue weighted by molar-refractivity contribution is -0.131. The van der Waals surface area contributed by atoms with Gasteiger partial charge in [0.1, 0.15) is 0 Å². The number of carbonyl (C=O) groups excluding carboxylic acids is 1. The van der Waals surface area contributed by atoms with E-state index in [0.717, 1.165) is 37.7 Å². The summed E-state index contributed by atoms with van der Waals surface area (Å²) in [7, 11) is 0. The average Bonchev–Trinajstić information content (AvgIpc) is 3.31. The van der Waals surface area contributed by atoms with Crippen LogP contribution in [0.25, 0.3) is 0 Å². The van der Waals surface area contributed by atoms with E-state index in [1.165, 1.54) is 5.56 Å². The summed E-state index contributed by atoms with van der Waals surface area (Å²) in [5.41, 5.74) is 1.90. The van der Waals surface area contributed by atoms with Crippen molar-refractivity contribution < 1.29 is 4.79 Å². The smallest absolute Gasteiger partial charge is 0.240 e. The van der Waals surface area contributed by atoms with Crippen molar-refractivity contribution in [3.8, 4) is 6.07 Å². The highest BCUT2D eigenvalue weighted by Crippen LogP contribution is 2.22. The van der Waals surface area contributed by atoms with Crippen molar-refractivity contribution in [1.82, 2.24) is 15.1 Å². The maximum Gasteiger partial charge on any atom is 0.240 e. The zero-order valence-electron chi connectivity index (χ0n) is 15.8. The van der Waals surface area contributed by atoms with E-state index in [-0.39, 0.29) is 36.8 Å². The fraction of sp³-hybridized carbons (Fsp3) is 0.579. The van der Waals surface area contributed by atoms with E-state index in [1.54, 1.807) is 0 Å². The predicted molar refractivity (Wildman–Crippen MR) is 116 cm³/mol. The predicted octanol–water partition coefficient (Wildman–Crippen LogP) is 2.88. The van der Waals surface area contributed by atoms with Gasteiger partial charge in [-0.1, -0.05) is 12.1 Å². The van der Waals surface area contributed by atoms with E-state index >= 15 is 0 Å². The standard InChI is InChI=1S/C19H26N4OS.2ClH/c1-14(2)23(12-16-5-3-15(10-20)4-6-16)17-9-18(21-11-17)19(24)22-7-8-25-13-22;;/h3-6,14,17-18,21H,7-9,11-13H2,1-2H3;2*1H/t17-,18-;;/m0../s1. The van der Waals surface area contributed by atoms with E-state index in [4.69, 9.17) is 5.26 Å². The molecular weight excluding hydrogens is 403 g/mol. The molecule has 0 radical (unpaired) electrons. The second-order valence-electron chi connectivity index (χ2n) is 7.06. The first-order chi connectivity index (χ1) is 12.1. The van der Waals surface area contributed by atoms with E-state index < -0.39 is 0 Å². The van der Waals surface area contributed by atoms with Gasteiger partial charge >= 0.3 is 0 Å². The molecule has 8 heteroatoms. The number of amides is 1. The van der Waals surface area contributed by atoms with Crippen molar-refractivity contribution in [2.75, 3.05) is 24.7 Å². The number of nitrogens with one attached hydrogen (secondary N) is 1. The lowest BCUT2D eigenvalue weighted by atomic mass is 10.1. The highest BCUT2D eigenvalue weighted by molar-refractivity contribution is 7.99. The molecule has 2 aliphatic heterocycles. The molecule has 0 aromatic heterocycles. The fourth-order valence-corrected chi connectivity index (χ4v) is 4.55. The molecule has 0 unspecified atom stereocenters. The summed E-state index contributed by atoms with van der Waals surface area (Å²) in [5.74, 6) is 2.15. The number of hydrogen-bond donors (Lipinski definition) is 1. The SMILES string of the molecule is CC(C)N(Cc1ccc(C#N)cc1)[C@@H]1CN[C@H](C(=O)N2CCSC2)C1.Cl.Cl. The highest BCUT2D eigenvalue weighted by atomic mass is 35.5. The van der Waals surface area contributed by atoms with Gasteiger partial charge in [0, 0.05) is 37.5 Å². The Kier molecular flexibility index (Phi) is 9.92. The van der Waals surface area contributed by atoms with E-state index in [1.807, 2.05) is 40.9 Å². The minimum absolute atomic E-state index is 0. The van der Waals surface area contributed by atoms with Gasteiger partial charge in [-0.2, -0.15) is 5.26 Å². The molecule has 2 aliphatic rings. The molecule has 2 fully saturated rings. The number of nitrogens with zero attached hydrogens (tertiary/aromatic N) is 3. The summed E-state index contributed by atoms with van der Waals surface area (Å²) in [6.07, 6.45) is 0.870. The van der Waals surface area contributed by atoms with Gasteiger partial charge in [0.15, 0.2) is 0 Å². The van der Waals surface area contributed by atoms with Crippen molar-refractivity contribution in [2.45, 2.75) is 44.9 Å². The molecule has 0 bridgehead atoms. The average molecular weight is 431 g/mol. The van der Waals surface area contributed by atoms with E-state index in [0.29, 0.717) is 17.6 Å². The molecule has 2 atom stereocenters. The number of benzene rings is 1. The van der Waals surface area contributed by atoms with Crippen molar-refractivity contribution in [3.05, 3.63) is 35.4 Å². The number of carbonyl (C=O) groups is 1. The van der Waals surface area contributed by atoms with Crippen LogP contribution in [0.1, 0.15) is 31.4 Å². The van der Waals surface area contributed by atoms with Crippen LogP contribution in [0.2, 0.25) is 0 Å². The fourth-order valence-electron chi connectivity index (χ4n) is 3.59. The summed E-state index contributed by atoms with van der Waals surface area (Å²) >= 11 is 1.83. The number of hydrogen-bond acceptors (Lipinski definition) is 5. The zero-order chi connectivity index (χ0) is 17.8. The Morgan fingerprint density at radius 1 is 1.37 bits per heavy atom. The Bertz CT molecular complexity index is 644.